The Balaban J connectivity index is 1.29. The average Bonchev–Trinajstić information content (AvgIpc) is 3.49. The van der Waals surface area contributed by atoms with E-state index in [1.807, 2.05) is 58.9 Å². The fourth-order valence-electron chi connectivity index (χ4n) is 4.35. The van der Waals surface area contributed by atoms with Gasteiger partial charge >= 0.3 is 0 Å². The molecule has 8 nitrogen and oxygen atoms in total. The third kappa shape index (κ3) is 4.37. The number of likely N-dealkylation sites (tertiary alicyclic amines) is 1. The fraction of sp³-hybridized carbons (Fsp3) is 0.375. The number of methoxy groups -OCH3 is 1. The van der Waals surface area contributed by atoms with Crippen LogP contribution in [0, 0.1) is 6.92 Å². The lowest BCUT2D eigenvalue weighted by atomic mass is 10.0. The van der Waals surface area contributed by atoms with Crippen molar-refractivity contribution in [3.05, 3.63) is 53.9 Å². The van der Waals surface area contributed by atoms with E-state index in [-0.39, 0.29) is 11.9 Å². The number of ether oxygens (including phenoxy) is 3. The van der Waals surface area contributed by atoms with Gasteiger partial charge in [0.05, 0.1) is 18.9 Å². The molecule has 1 unspecified atom stereocenters. The highest BCUT2D eigenvalue weighted by atomic mass is 32.2. The van der Waals surface area contributed by atoms with Crippen LogP contribution in [0.2, 0.25) is 0 Å². The van der Waals surface area contributed by atoms with Gasteiger partial charge in [-0.3, -0.25) is 9.36 Å². The number of fused-ring (bicyclic) bond motifs is 1. The van der Waals surface area contributed by atoms with E-state index in [2.05, 4.69) is 10.2 Å². The van der Waals surface area contributed by atoms with Gasteiger partial charge in [-0.15, -0.1) is 10.2 Å². The Labute approximate surface area is 196 Å². The van der Waals surface area contributed by atoms with Crippen LogP contribution in [0.15, 0.2) is 47.6 Å². The summed E-state index contributed by atoms with van der Waals surface area (Å²) in [4.78, 5) is 15.2. The second-order valence-electron chi connectivity index (χ2n) is 8.00. The largest absolute Gasteiger partial charge is 0.497 e. The zero-order chi connectivity index (χ0) is 22.8. The van der Waals surface area contributed by atoms with Crippen molar-refractivity contribution in [1.29, 1.82) is 0 Å². The monoisotopic (exact) mass is 466 g/mol. The maximum absolute atomic E-state index is 13.2. The van der Waals surface area contributed by atoms with Crippen molar-refractivity contribution >= 4 is 17.7 Å². The van der Waals surface area contributed by atoms with E-state index in [9.17, 15) is 4.79 Å². The summed E-state index contributed by atoms with van der Waals surface area (Å²) in [5.41, 5.74) is 2.02. The third-order valence-corrected chi connectivity index (χ3v) is 6.89. The second kappa shape index (κ2) is 9.35. The Hall–Kier alpha value is -3.20. The number of benzene rings is 2. The van der Waals surface area contributed by atoms with Crippen LogP contribution in [0.3, 0.4) is 0 Å². The lowest BCUT2D eigenvalue weighted by molar-refractivity contribution is -0.129. The van der Waals surface area contributed by atoms with Gasteiger partial charge in [-0.05, 0) is 61.7 Å². The minimum atomic E-state index is 0.0510. The number of carbonyl (C=O) groups excluding carboxylic acids is 1. The molecule has 1 saturated heterocycles. The van der Waals surface area contributed by atoms with E-state index in [1.165, 1.54) is 11.8 Å². The first-order valence-corrected chi connectivity index (χ1v) is 12.0. The van der Waals surface area contributed by atoms with Gasteiger partial charge in [0.2, 0.25) is 5.91 Å². The van der Waals surface area contributed by atoms with Gasteiger partial charge in [0.15, 0.2) is 16.7 Å². The average molecular weight is 467 g/mol. The number of aryl methyl sites for hydroxylation is 1. The van der Waals surface area contributed by atoms with E-state index in [4.69, 9.17) is 14.2 Å². The van der Waals surface area contributed by atoms with Crippen molar-refractivity contribution in [2.75, 3.05) is 32.6 Å². The number of rotatable bonds is 6. The van der Waals surface area contributed by atoms with Gasteiger partial charge in [0, 0.05) is 12.2 Å². The van der Waals surface area contributed by atoms with Crippen molar-refractivity contribution in [2.45, 2.75) is 31.0 Å². The van der Waals surface area contributed by atoms with Crippen LogP contribution in [0.1, 0.15) is 30.3 Å². The molecule has 1 fully saturated rings. The molecule has 2 aliphatic heterocycles. The maximum Gasteiger partial charge on any atom is 0.233 e. The molecule has 1 aromatic heterocycles. The van der Waals surface area contributed by atoms with Gasteiger partial charge in [-0.1, -0.05) is 17.8 Å². The zero-order valence-electron chi connectivity index (χ0n) is 18.7. The summed E-state index contributed by atoms with van der Waals surface area (Å²) in [5.74, 6) is 3.48. The van der Waals surface area contributed by atoms with Crippen LogP contribution >= 0.6 is 11.8 Å². The number of nitrogens with zero attached hydrogens (tertiary/aromatic N) is 4. The molecule has 0 aliphatic carbocycles. The smallest absolute Gasteiger partial charge is 0.233 e. The van der Waals surface area contributed by atoms with E-state index < -0.39 is 0 Å². The van der Waals surface area contributed by atoms with E-state index in [0.717, 1.165) is 53.7 Å². The summed E-state index contributed by atoms with van der Waals surface area (Å²) in [5, 5.41) is 9.22. The predicted octanol–water partition coefficient (Wildman–Crippen LogP) is 3.81. The third-order valence-electron chi connectivity index (χ3n) is 5.97. The Bertz CT molecular complexity index is 1150. The molecule has 172 valence electrons. The van der Waals surface area contributed by atoms with Gasteiger partial charge in [-0.2, -0.15) is 0 Å². The molecule has 0 N–H and O–H groups in total. The minimum absolute atomic E-state index is 0.0510. The highest BCUT2D eigenvalue weighted by Gasteiger charge is 2.31. The first kappa shape index (κ1) is 21.6. The van der Waals surface area contributed by atoms with Crippen molar-refractivity contribution in [3.63, 3.8) is 0 Å². The molecule has 1 amide bonds. The molecule has 33 heavy (non-hydrogen) atoms. The highest BCUT2D eigenvalue weighted by Crippen LogP contribution is 2.38. The standard InChI is InChI=1S/C24H26N4O4S/c1-16-25-26-24(28(16)18-6-8-19(30-2)9-7-18)33-15-23(29)27-11-3-4-20(27)17-5-10-21-22(14-17)32-13-12-31-21/h5-10,14,20H,3-4,11-13,15H2,1-2H3. The molecule has 1 atom stereocenters. The summed E-state index contributed by atoms with van der Waals surface area (Å²) < 4.78 is 18.6. The first-order chi connectivity index (χ1) is 16.1. The van der Waals surface area contributed by atoms with Crippen molar-refractivity contribution in [1.82, 2.24) is 19.7 Å². The number of hydrogen-bond donors (Lipinski definition) is 0. The molecule has 2 aromatic carbocycles. The van der Waals surface area contributed by atoms with Crippen LogP contribution in [-0.2, 0) is 4.79 Å². The summed E-state index contributed by atoms with van der Waals surface area (Å²) >= 11 is 1.41. The number of carbonyl (C=O) groups is 1. The molecular formula is C24H26N4O4S. The lowest BCUT2D eigenvalue weighted by Crippen LogP contribution is -2.32. The van der Waals surface area contributed by atoms with Crippen LogP contribution in [-0.4, -0.2) is 58.2 Å². The van der Waals surface area contributed by atoms with Crippen molar-refractivity contribution in [2.24, 2.45) is 0 Å². The van der Waals surface area contributed by atoms with Crippen LogP contribution in [0.5, 0.6) is 17.2 Å². The molecule has 0 bridgehead atoms. The van der Waals surface area contributed by atoms with Gasteiger partial charge < -0.3 is 19.1 Å². The van der Waals surface area contributed by atoms with Crippen molar-refractivity contribution in [3.8, 4) is 22.9 Å². The molecule has 3 heterocycles. The fourth-order valence-corrected chi connectivity index (χ4v) is 5.24. The summed E-state index contributed by atoms with van der Waals surface area (Å²) in [6.07, 6.45) is 1.92. The molecule has 2 aliphatic rings. The second-order valence-corrected chi connectivity index (χ2v) is 8.94. The summed E-state index contributed by atoms with van der Waals surface area (Å²) in [6.45, 7) is 3.77. The highest BCUT2D eigenvalue weighted by molar-refractivity contribution is 7.99. The number of hydrogen-bond acceptors (Lipinski definition) is 7. The van der Waals surface area contributed by atoms with Crippen LogP contribution in [0.25, 0.3) is 5.69 Å². The predicted molar refractivity (Wildman–Crippen MR) is 124 cm³/mol. The number of thioether (sulfide) groups is 1. The SMILES string of the molecule is COc1ccc(-n2c(C)nnc2SCC(=O)N2CCCC2c2ccc3c(c2)OCCO3)cc1. The topological polar surface area (TPSA) is 78.7 Å². The Morgan fingerprint density at radius 3 is 2.70 bits per heavy atom. The Morgan fingerprint density at radius 2 is 1.91 bits per heavy atom. The molecule has 5 rings (SSSR count). The van der Waals surface area contributed by atoms with Gasteiger partial charge in [0.1, 0.15) is 24.8 Å². The van der Waals surface area contributed by atoms with E-state index in [0.29, 0.717) is 24.1 Å². The Kier molecular flexibility index (Phi) is 6.13. The summed E-state index contributed by atoms with van der Waals surface area (Å²) in [6, 6.07) is 13.8. The van der Waals surface area contributed by atoms with Crippen molar-refractivity contribution < 1.29 is 19.0 Å². The molecule has 0 spiro atoms. The first-order valence-electron chi connectivity index (χ1n) is 11.0. The lowest BCUT2D eigenvalue weighted by Gasteiger charge is -2.26. The molecule has 0 saturated carbocycles. The van der Waals surface area contributed by atoms with Crippen LogP contribution < -0.4 is 14.2 Å². The molecule has 9 heteroatoms. The van der Waals surface area contributed by atoms with E-state index >= 15 is 0 Å². The maximum atomic E-state index is 13.2. The van der Waals surface area contributed by atoms with Crippen LogP contribution in [0.4, 0.5) is 0 Å². The van der Waals surface area contributed by atoms with Gasteiger partial charge in [0.25, 0.3) is 0 Å². The summed E-state index contributed by atoms with van der Waals surface area (Å²) in [7, 11) is 1.64. The zero-order valence-corrected chi connectivity index (χ0v) is 19.5. The number of amides is 1. The molecular weight excluding hydrogens is 440 g/mol. The van der Waals surface area contributed by atoms with Gasteiger partial charge in [-0.25, -0.2) is 0 Å². The quantitative estimate of drug-likeness (QED) is 0.511. The Morgan fingerprint density at radius 1 is 1.12 bits per heavy atom. The number of aromatic nitrogens is 3. The molecule has 3 aromatic rings. The van der Waals surface area contributed by atoms with E-state index in [1.54, 1.807) is 7.11 Å². The normalized spacial score (nSPS) is 17.3. The minimum Gasteiger partial charge on any atom is -0.497 e. The molecule has 0 radical (unpaired) electrons.